The third-order valence-corrected chi connectivity index (χ3v) is 4.22. The van der Waals surface area contributed by atoms with Gasteiger partial charge >= 0.3 is 0 Å². The number of ketones is 1. The molecule has 3 N–H and O–H groups in total. The zero-order chi connectivity index (χ0) is 19.6. The number of hydrogen-bond acceptors (Lipinski definition) is 5. The van der Waals surface area contributed by atoms with E-state index in [1.165, 1.54) is 7.05 Å². The number of nitrogens with two attached hydrogens (primary N) is 1. The Morgan fingerprint density at radius 3 is 2.69 bits per heavy atom. The molecule has 0 amide bonds. The molecular weight excluding hydrogens is 326 g/mol. The highest BCUT2D eigenvalue weighted by atomic mass is 16.5. The molecule has 5 heteroatoms. The molecule has 0 unspecified atom stereocenters. The van der Waals surface area contributed by atoms with Crippen molar-refractivity contribution in [1.82, 2.24) is 10.3 Å². The number of carbonyl (C=O) groups is 1. The van der Waals surface area contributed by atoms with E-state index >= 15 is 0 Å². The molecule has 0 radical (unpaired) electrons. The molecule has 0 fully saturated rings. The van der Waals surface area contributed by atoms with Crippen LogP contribution in [0.3, 0.4) is 0 Å². The Bertz CT molecular complexity index is 634. The molecule has 0 bridgehead atoms. The summed E-state index contributed by atoms with van der Waals surface area (Å²) in [5.41, 5.74) is 8.36. The summed E-state index contributed by atoms with van der Waals surface area (Å²) in [7, 11) is 1.50. The number of pyridine rings is 1. The summed E-state index contributed by atoms with van der Waals surface area (Å²) in [6, 6.07) is 5.91. The second-order valence-corrected chi connectivity index (χ2v) is 7.06. The monoisotopic (exact) mass is 359 g/mol. The zero-order valence-electron chi connectivity index (χ0n) is 16.8. The fourth-order valence-electron chi connectivity index (χ4n) is 2.85. The molecule has 2 rings (SSSR count). The quantitative estimate of drug-likeness (QED) is 0.780. The van der Waals surface area contributed by atoms with E-state index in [4.69, 9.17) is 4.74 Å². The van der Waals surface area contributed by atoms with Crippen molar-refractivity contribution in [3.8, 4) is 0 Å². The number of aromatic nitrogens is 1. The Hall–Kier alpha value is -1.98. The van der Waals surface area contributed by atoms with E-state index in [1.54, 1.807) is 6.20 Å². The Morgan fingerprint density at radius 1 is 1.35 bits per heavy atom. The SMILES string of the molecule is CCOC/C(=C/Cc1ccccn1)NC1=C(C)C(=O)CC(C)(C)C1.CN. The first-order valence-corrected chi connectivity index (χ1v) is 9.15. The smallest absolute Gasteiger partial charge is 0.160 e. The van der Waals surface area contributed by atoms with Crippen LogP contribution >= 0.6 is 0 Å². The first-order valence-electron chi connectivity index (χ1n) is 9.15. The van der Waals surface area contributed by atoms with Gasteiger partial charge in [-0.2, -0.15) is 0 Å². The van der Waals surface area contributed by atoms with Gasteiger partial charge in [0, 0.05) is 48.3 Å². The lowest BCUT2D eigenvalue weighted by atomic mass is 9.76. The molecule has 0 saturated heterocycles. The highest BCUT2D eigenvalue weighted by Crippen LogP contribution is 2.35. The molecular formula is C21H33N3O2. The van der Waals surface area contributed by atoms with Crippen LogP contribution in [-0.2, 0) is 16.0 Å². The molecule has 1 aromatic rings. The highest BCUT2D eigenvalue weighted by Gasteiger charge is 2.31. The highest BCUT2D eigenvalue weighted by molar-refractivity contribution is 5.96. The van der Waals surface area contributed by atoms with Gasteiger partial charge in [0.1, 0.15) is 0 Å². The van der Waals surface area contributed by atoms with Crippen LogP contribution in [0.5, 0.6) is 0 Å². The van der Waals surface area contributed by atoms with Gasteiger partial charge in [-0.25, -0.2) is 0 Å². The van der Waals surface area contributed by atoms with E-state index in [-0.39, 0.29) is 11.2 Å². The molecule has 1 aliphatic carbocycles. The predicted octanol–water partition coefficient (Wildman–Crippen LogP) is 3.37. The molecule has 0 spiro atoms. The maximum atomic E-state index is 12.2. The van der Waals surface area contributed by atoms with Gasteiger partial charge < -0.3 is 15.8 Å². The average molecular weight is 360 g/mol. The summed E-state index contributed by atoms with van der Waals surface area (Å²) in [5, 5.41) is 3.46. The van der Waals surface area contributed by atoms with Gasteiger partial charge in [-0.05, 0) is 44.9 Å². The predicted molar refractivity (Wildman–Crippen MR) is 106 cm³/mol. The Labute approximate surface area is 157 Å². The Morgan fingerprint density at radius 2 is 2.08 bits per heavy atom. The number of allylic oxidation sites excluding steroid dienone is 3. The van der Waals surface area contributed by atoms with Crippen molar-refractivity contribution in [2.45, 2.75) is 47.0 Å². The lowest BCUT2D eigenvalue weighted by Gasteiger charge is -2.32. The van der Waals surface area contributed by atoms with Gasteiger partial charge in [0.15, 0.2) is 5.78 Å². The summed E-state index contributed by atoms with van der Waals surface area (Å²) < 4.78 is 5.58. The number of ether oxygens (including phenoxy) is 1. The molecule has 0 aromatic carbocycles. The summed E-state index contributed by atoms with van der Waals surface area (Å²) >= 11 is 0. The van der Waals surface area contributed by atoms with Crippen LogP contribution in [0.25, 0.3) is 0 Å². The van der Waals surface area contributed by atoms with Crippen molar-refractivity contribution >= 4 is 5.78 Å². The van der Waals surface area contributed by atoms with Crippen LogP contribution in [0.1, 0.15) is 46.2 Å². The molecule has 1 heterocycles. The van der Waals surface area contributed by atoms with Crippen LogP contribution in [0.2, 0.25) is 0 Å². The fourth-order valence-corrected chi connectivity index (χ4v) is 2.85. The minimum atomic E-state index is -0.00334. The Kier molecular flexibility index (Phi) is 9.24. The summed E-state index contributed by atoms with van der Waals surface area (Å²) in [5.74, 6) is 0.231. The van der Waals surface area contributed by atoms with E-state index in [2.05, 4.69) is 36.0 Å². The van der Waals surface area contributed by atoms with Gasteiger partial charge in [0.2, 0.25) is 0 Å². The molecule has 5 nitrogen and oxygen atoms in total. The van der Waals surface area contributed by atoms with Gasteiger partial charge in [-0.15, -0.1) is 0 Å². The maximum Gasteiger partial charge on any atom is 0.160 e. The van der Waals surface area contributed by atoms with Gasteiger partial charge in [-0.3, -0.25) is 9.78 Å². The van der Waals surface area contributed by atoms with Gasteiger partial charge in [-0.1, -0.05) is 26.0 Å². The number of nitrogens with one attached hydrogen (secondary N) is 1. The molecule has 144 valence electrons. The average Bonchev–Trinajstić information content (AvgIpc) is 2.63. The number of Topliss-reactive ketones (excluding diaryl/α,β-unsaturated/α-hetero) is 1. The van der Waals surface area contributed by atoms with Crippen molar-refractivity contribution in [2.24, 2.45) is 11.1 Å². The van der Waals surface area contributed by atoms with Crippen molar-refractivity contribution in [3.63, 3.8) is 0 Å². The van der Waals surface area contributed by atoms with Crippen molar-refractivity contribution in [3.05, 3.63) is 53.1 Å². The third-order valence-electron chi connectivity index (χ3n) is 4.22. The third kappa shape index (κ3) is 7.10. The molecule has 0 saturated carbocycles. The first kappa shape index (κ1) is 22.1. The van der Waals surface area contributed by atoms with Crippen LogP contribution < -0.4 is 11.1 Å². The van der Waals surface area contributed by atoms with Crippen LogP contribution in [0, 0.1) is 5.41 Å². The second kappa shape index (κ2) is 10.9. The van der Waals surface area contributed by atoms with Crippen LogP contribution in [0.15, 0.2) is 47.4 Å². The van der Waals surface area contributed by atoms with Gasteiger partial charge in [0.05, 0.1) is 6.61 Å². The number of carbonyl (C=O) groups excluding carboxylic acids is 1. The molecule has 1 aliphatic rings. The fraction of sp³-hybridized carbons (Fsp3) is 0.524. The zero-order valence-corrected chi connectivity index (χ0v) is 16.8. The summed E-state index contributed by atoms with van der Waals surface area (Å²) in [6.07, 6.45) is 6.12. The van der Waals surface area contributed by atoms with Crippen molar-refractivity contribution in [2.75, 3.05) is 20.3 Å². The molecule has 1 aromatic heterocycles. The van der Waals surface area contributed by atoms with E-state index in [9.17, 15) is 4.79 Å². The van der Waals surface area contributed by atoms with Crippen LogP contribution in [0.4, 0.5) is 0 Å². The largest absolute Gasteiger partial charge is 0.376 e. The standard InChI is InChI=1S/C20H28N2O2.CH5N/c1-5-24-14-17(10-9-16-8-6-7-11-21-16)22-18-12-20(3,4)13-19(23)15(18)2;1-2/h6-8,10-11,22H,5,9,12-14H2,1-4H3;2H2,1H3/b17-10-;. The molecule has 0 atom stereocenters. The minimum Gasteiger partial charge on any atom is -0.376 e. The number of hydrogen-bond donors (Lipinski definition) is 2. The lowest BCUT2D eigenvalue weighted by Crippen LogP contribution is -2.31. The van der Waals surface area contributed by atoms with E-state index < -0.39 is 0 Å². The summed E-state index contributed by atoms with van der Waals surface area (Å²) in [4.78, 5) is 16.6. The number of rotatable bonds is 7. The van der Waals surface area contributed by atoms with Gasteiger partial charge in [0.25, 0.3) is 0 Å². The second-order valence-electron chi connectivity index (χ2n) is 7.06. The lowest BCUT2D eigenvalue weighted by molar-refractivity contribution is -0.118. The maximum absolute atomic E-state index is 12.2. The molecule has 26 heavy (non-hydrogen) atoms. The van der Waals surface area contributed by atoms with E-state index in [0.717, 1.165) is 35.5 Å². The van der Waals surface area contributed by atoms with Crippen molar-refractivity contribution < 1.29 is 9.53 Å². The topological polar surface area (TPSA) is 77.2 Å². The number of nitrogens with zero attached hydrogens (tertiary/aromatic N) is 1. The minimum absolute atomic E-state index is 0.00334. The van der Waals surface area contributed by atoms with E-state index in [1.807, 2.05) is 32.0 Å². The molecule has 0 aliphatic heterocycles. The first-order chi connectivity index (χ1) is 12.4. The normalized spacial score (nSPS) is 16.8. The van der Waals surface area contributed by atoms with Crippen LogP contribution in [-0.4, -0.2) is 31.0 Å². The van der Waals surface area contributed by atoms with E-state index in [0.29, 0.717) is 19.6 Å². The Balaban J connectivity index is 0.00000163. The summed E-state index contributed by atoms with van der Waals surface area (Å²) in [6.45, 7) is 9.34. The van der Waals surface area contributed by atoms with Crippen molar-refractivity contribution in [1.29, 1.82) is 0 Å².